The van der Waals surface area contributed by atoms with Gasteiger partial charge < -0.3 is 29.0 Å². The molecule has 0 atom stereocenters. The number of hydrogen-bond donors (Lipinski definition) is 4. The number of rotatable bonds is 5. The SMILES string of the molecule is O=C(O)CC(O)(CC(=O)O)C(=O)O.[Ca+2].[H-].[H-].[H-].[H-].[H-].[H-].[Mg+2].[Sr+2].[Zn]. The van der Waals surface area contributed by atoms with Gasteiger partial charge in [-0.1, -0.05) is 0 Å². The Labute approximate surface area is 202 Å². The summed E-state index contributed by atoms with van der Waals surface area (Å²) >= 11 is 0. The molecule has 17 heavy (non-hydrogen) atoms. The molecular formula is C6H14CaMgO7SrZn. The van der Waals surface area contributed by atoms with Gasteiger partial charge in [0.2, 0.25) is 0 Å². The van der Waals surface area contributed by atoms with Crippen LogP contribution in [0.2, 0.25) is 0 Å². The third kappa shape index (κ3) is 14.7. The van der Waals surface area contributed by atoms with Gasteiger partial charge in [-0.3, -0.25) is 9.59 Å². The number of carbonyl (C=O) groups is 3. The quantitative estimate of drug-likeness (QED) is 0.393. The van der Waals surface area contributed by atoms with Gasteiger partial charge in [-0.25, -0.2) is 4.79 Å². The smallest absolute Gasteiger partial charge is 1.00 e. The van der Waals surface area contributed by atoms with E-state index in [1.54, 1.807) is 0 Å². The third-order valence-electron chi connectivity index (χ3n) is 1.29. The van der Waals surface area contributed by atoms with Crippen LogP contribution in [0.3, 0.4) is 0 Å². The van der Waals surface area contributed by atoms with Crippen molar-refractivity contribution in [3.8, 4) is 0 Å². The summed E-state index contributed by atoms with van der Waals surface area (Å²) in [5.74, 6) is -5.02. The van der Waals surface area contributed by atoms with E-state index < -0.39 is 36.4 Å². The van der Waals surface area contributed by atoms with Gasteiger partial charge in [0.25, 0.3) is 0 Å². The molecule has 0 saturated carbocycles. The van der Waals surface area contributed by atoms with Gasteiger partial charge in [0.1, 0.15) is 0 Å². The van der Waals surface area contributed by atoms with Crippen LogP contribution in [-0.4, -0.2) is 150 Å². The third-order valence-corrected chi connectivity index (χ3v) is 1.29. The molecule has 0 saturated heterocycles. The van der Waals surface area contributed by atoms with Gasteiger partial charge in [-0.05, 0) is 0 Å². The molecule has 4 N–H and O–H groups in total. The summed E-state index contributed by atoms with van der Waals surface area (Å²) in [5.41, 5.74) is -2.74. The average Bonchev–Trinajstić information content (AvgIpc) is 1.82. The second kappa shape index (κ2) is 14.9. The molecule has 0 heterocycles. The summed E-state index contributed by atoms with van der Waals surface area (Å²) < 4.78 is 0. The Morgan fingerprint density at radius 3 is 1.35 bits per heavy atom. The minimum absolute atomic E-state index is 0. The monoisotopic (exact) mass is 414 g/mol. The van der Waals surface area contributed by atoms with Crippen molar-refractivity contribution in [1.29, 1.82) is 0 Å². The standard InChI is InChI=1S/C6H8O7.Ca.Mg.Sr.Zn.6H/c7-3(8)1-6(13,5(11)12)2-4(9)10;;;;;;;;;;/h13H,1-2H2,(H,7,8)(H,9,10)(H,11,12);;;;;;;;;;/q;3*+2;;6*-1. The van der Waals surface area contributed by atoms with Crippen molar-refractivity contribution in [2.24, 2.45) is 0 Å². The maximum Gasteiger partial charge on any atom is 2.00 e. The molecule has 0 bridgehead atoms. The van der Waals surface area contributed by atoms with Gasteiger partial charge in [0, 0.05) is 19.5 Å². The van der Waals surface area contributed by atoms with Crippen molar-refractivity contribution in [3.63, 3.8) is 0 Å². The Bertz CT molecular complexity index is 268. The maximum atomic E-state index is 10.3. The molecule has 0 aromatic carbocycles. The summed E-state index contributed by atoms with van der Waals surface area (Å²) in [7, 11) is 0. The van der Waals surface area contributed by atoms with E-state index in [0.29, 0.717) is 0 Å². The zero-order valence-electron chi connectivity index (χ0n) is 15.3. The van der Waals surface area contributed by atoms with Gasteiger partial charge in [0.05, 0.1) is 12.8 Å². The molecule has 0 aliphatic carbocycles. The van der Waals surface area contributed by atoms with Crippen molar-refractivity contribution in [1.82, 2.24) is 0 Å². The van der Waals surface area contributed by atoms with Crippen LogP contribution in [0.5, 0.6) is 0 Å². The van der Waals surface area contributed by atoms with Crippen LogP contribution in [-0.2, 0) is 33.9 Å². The zero-order chi connectivity index (χ0) is 10.6. The van der Waals surface area contributed by atoms with E-state index in [0.717, 1.165) is 0 Å². The molecule has 0 amide bonds. The van der Waals surface area contributed by atoms with Crippen LogP contribution in [0.4, 0.5) is 0 Å². The topological polar surface area (TPSA) is 132 Å². The Balaban J connectivity index is -0.0000000160. The number of aliphatic carboxylic acids is 3. The second-order valence-corrected chi connectivity index (χ2v) is 2.48. The predicted octanol–water partition coefficient (Wildman–Crippen LogP) is -1.72. The fourth-order valence-electron chi connectivity index (χ4n) is 0.714. The van der Waals surface area contributed by atoms with Crippen LogP contribution < -0.4 is 0 Å². The molecule has 11 heteroatoms. The molecule has 0 fully saturated rings. The first kappa shape index (κ1) is 31.7. The Hall–Kier alpha value is 2.50. The minimum Gasteiger partial charge on any atom is -1.00 e. The number of carboxylic acid groups (broad SMARTS) is 3. The van der Waals surface area contributed by atoms with E-state index in [9.17, 15) is 14.4 Å². The van der Waals surface area contributed by atoms with E-state index in [1.807, 2.05) is 0 Å². The van der Waals surface area contributed by atoms with Crippen LogP contribution >= 0.6 is 0 Å². The largest absolute Gasteiger partial charge is 2.00 e. The normalized spacial score (nSPS) is 8.29. The Morgan fingerprint density at radius 2 is 1.24 bits per heavy atom. The molecule has 0 spiro atoms. The first-order valence-corrected chi connectivity index (χ1v) is 3.17. The molecule has 88 valence electrons. The van der Waals surface area contributed by atoms with Crippen LogP contribution in [0.1, 0.15) is 21.4 Å². The summed E-state index contributed by atoms with van der Waals surface area (Å²) in [6, 6.07) is 0. The minimum atomic E-state index is -2.74. The fourth-order valence-corrected chi connectivity index (χ4v) is 0.714. The van der Waals surface area contributed by atoms with Gasteiger partial charge in [-0.15, -0.1) is 0 Å². The first-order chi connectivity index (χ1) is 5.78. The summed E-state index contributed by atoms with van der Waals surface area (Å²) in [6.45, 7) is 0. The van der Waals surface area contributed by atoms with Crippen molar-refractivity contribution >= 4 is 124 Å². The second-order valence-electron chi connectivity index (χ2n) is 2.48. The van der Waals surface area contributed by atoms with Crippen molar-refractivity contribution in [3.05, 3.63) is 0 Å². The van der Waals surface area contributed by atoms with E-state index in [2.05, 4.69) is 0 Å². The van der Waals surface area contributed by atoms with E-state index in [-0.39, 0.29) is 134 Å². The Kier molecular flexibility index (Phi) is 27.8. The average molecular weight is 416 g/mol. The van der Waals surface area contributed by atoms with E-state index in [4.69, 9.17) is 20.4 Å². The first-order valence-electron chi connectivity index (χ1n) is 3.17. The molecule has 0 aromatic heterocycles. The zero-order valence-corrected chi connectivity index (χ0v) is 19.3. The van der Waals surface area contributed by atoms with Crippen LogP contribution in [0, 0.1) is 0 Å². The van der Waals surface area contributed by atoms with Gasteiger partial charge in [0.15, 0.2) is 5.60 Å². The molecule has 0 aliphatic heterocycles. The molecular weight excluding hydrogens is 401 g/mol. The summed E-state index contributed by atoms with van der Waals surface area (Å²) in [5, 5.41) is 33.8. The molecule has 0 rings (SSSR count). The summed E-state index contributed by atoms with van der Waals surface area (Å²) in [6.07, 6.45) is -2.29. The molecule has 0 unspecified atom stereocenters. The van der Waals surface area contributed by atoms with Crippen LogP contribution in [0.15, 0.2) is 0 Å². The number of aliphatic hydroxyl groups is 1. The van der Waals surface area contributed by atoms with Crippen LogP contribution in [0.25, 0.3) is 0 Å². The molecule has 0 aliphatic rings. The van der Waals surface area contributed by atoms with Crippen molar-refractivity contribution in [2.75, 3.05) is 0 Å². The molecule has 0 aromatic rings. The van der Waals surface area contributed by atoms with Crippen molar-refractivity contribution < 1.29 is 62.8 Å². The van der Waals surface area contributed by atoms with Gasteiger partial charge >= 0.3 is 124 Å². The van der Waals surface area contributed by atoms with Crippen molar-refractivity contribution in [2.45, 2.75) is 18.4 Å². The maximum absolute atomic E-state index is 10.3. The van der Waals surface area contributed by atoms with E-state index >= 15 is 0 Å². The van der Waals surface area contributed by atoms with Gasteiger partial charge in [-0.2, -0.15) is 0 Å². The number of carboxylic acids is 3. The number of hydrogen-bond acceptors (Lipinski definition) is 4. The Morgan fingerprint density at radius 1 is 1.00 bits per heavy atom. The fraction of sp³-hybridized carbons (Fsp3) is 0.500. The molecule has 7 nitrogen and oxygen atoms in total. The predicted molar refractivity (Wildman–Crippen MR) is 61.0 cm³/mol. The summed E-state index contributed by atoms with van der Waals surface area (Å²) in [4.78, 5) is 30.5. The van der Waals surface area contributed by atoms with E-state index in [1.165, 1.54) is 0 Å². The molecule has 0 radical (unpaired) electrons.